The molecule has 1 saturated heterocycles. The molecule has 2 aromatic rings. The molecular weight excluding hydrogens is 296 g/mol. The molecule has 1 fully saturated rings. The predicted molar refractivity (Wildman–Crippen MR) is 87.1 cm³/mol. The number of aromatic nitrogens is 1. The van der Waals surface area contributed by atoms with Crippen LogP contribution in [0.3, 0.4) is 0 Å². The van der Waals surface area contributed by atoms with Crippen molar-refractivity contribution in [2.75, 3.05) is 13.2 Å². The molecule has 1 aromatic heterocycles. The van der Waals surface area contributed by atoms with Crippen LogP contribution in [0.25, 0.3) is 0 Å². The highest BCUT2D eigenvalue weighted by molar-refractivity contribution is 7.09. The van der Waals surface area contributed by atoms with Crippen LogP contribution in [0.15, 0.2) is 35.7 Å². The van der Waals surface area contributed by atoms with Crippen LogP contribution in [0.4, 0.5) is 0 Å². The van der Waals surface area contributed by atoms with Gasteiger partial charge in [-0.05, 0) is 24.8 Å². The number of likely N-dealkylation sites (tertiary alicyclic amines) is 1. The summed E-state index contributed by atoms with van der Waals surface area (Å²) in [6, 6.07) is 10.3. The van der Waals surface area contributed by atoms with Gasteiger partial charge in [0.1, 0.15) is 5.69 Å². The molecule has 1 aliphatic rings. The molecule has 1 atom stereocenters. The number of hydrogen-bond acceptors (Lipinski definition) is 4. The zero-order chi connectivity index (χ0) is 15.4. The maximum absolute atomic E-state index is 12.5. The molecule has 0 bridgehead atoms. The number of thiazole rings is 1. The van der Waals surface area contributed by atoms with Gasteiger partial charge < -0.3 is 10.0 Å². The van der Waals surface area contributed by atoms with E-state index in [0.717, 1.165) is 37.2 Å². The number of benzene rings is 1. The summed E-state index contributed by atoms with van der Waals surface area (Å²) in [5.41, 5.74) is 1.80. The van der Waals surface area contributed by atoms with E-state index in [2.05, 4.69) is 17.1 Å². The Kier molecular flexibility index (Phi) is 4.85. The average Bonchev–Trinajstić information content (AvgIpc) is 3.22. The fourth-order valence-corrected chi connectivity index (χ4v) is 3.63. The summed E-state index contributed by atoms with van der Waals surface area (Å²) in [5, 5.41) is 12.2. The first kappa shape index (κ1) is 15.2. The second kappa shape index (κ2) is 7.03. The Labute approximate surface area is 134 Å². The molecule has 0 spiro atoms. The summed E-state index contributed by atoms with van der Waals surface area (Å²) < 4.78 is 0. The van der Waals surface area contributed by atoms with E-state index < -0.39 is 0 Å². The van der Waals surface area contributed by atoms with E-state index in [1.807, 2.05) is 23.6 Å². The van der Waals surface area contributed by atoms with Crippen molar-refractivity contribution in [2.24, 2.45) is 0 Å². The maximum atomic E-state index is 12.5. The smallest absolute Gasteiger partial charge is 0.273 e. The number of carbonyl (C=O) groups is 1. The molecule has 3 rings (SSSR count). The van der Waals surface area contributed by atoms with Gasteiger partial charge in [0.05, 0.1) is 17.7 Å². The molecule has 1 aromatic carbocycles. The summed E-state index contributed by atoms with van der Waals surface area (Å²) in [7, 11) is 0. The van der Waals surface area contributed by atoms with Crippen molar-refractivity contribution in [1.29, 1.82) is 0 Å². The molecule has 5 heteroatoms. The molecule has 1 aliphatic heterocycles. The van der Waals surface area contributed by atoms with E-state index in [9.17, 15) is 9.90 Å². The largest absolute Gasteiger partial charge is 0.394 e. The molecule has 0 saturated carbocycles. The van der Waals surface area contributed by atoms with E-state index in [1.54, 1.807) is 16.2 Å². The van der Waals surface area contributed by atoms with Gasteiger partial charge in [0.15, 0.2) is 0 Å². The van der Waals surface area contributed by atoms with Crippen molar-refractivity contribution in [3.8, 4) is 0 Å². The van der Waals surface area contributed by atoms with Gasteiger partial charge in [-0.15, -0.1) is 11.3 Å². The molecule has 0 radical (unpaired) electrons. The van der Waals surface area contributed by atoms with E-state index in [1.165, 1.54) is 5.56 Å². The number of amides is 1. The van der Waals surface area contributed by atoms with Crippen molar-refractivity contribution in [3.63, 3.8) is 0 Å². The molecule has 116 valence electrons. The van der Waals surface area contributed by atoms with Crippen LogP contribution < -0.4 is 0 Å². The van der Waals surface area contributed by atoms with Gasteiger partial charge in [-0.25, -0.2) is 4.98 Å². The van der Waals surface area contributed by atoms with Crippen LogP contribution in [0.5, 0.6) is 0 Å². The molecule has 0 unspecified atom stereocenters. The lowest BCUT2D eigenvalue weighted by Crippen LogP contribution is -2.37. The third-order valence-electron chi connectivity index (χ3n) is 4.09. The van der Waals surface area contributed by atoms with Crippen molar-refractivity contribution in [1.82, 2.24) is 9.88 Å². The summed E-state index contributed by atoms with van der Waals surface area (Å²) in [4.78, 5) is 18.7. The number of aliphatic hydroxyl groups excluding tert-OH is 1. The topological polar surface area (TPSA) is 53.4 Å². The Morgan fingerprint density at radius 1 is 1.32 bits per heavy atom. The first-order valence-electron chi connectivity index (χ1n) is 7.68. The minimum atomic E-state index is -0.0428. The van der Waals surface area contributed by atoms with Crippen molar-refractivity contribution in [2.45, 2.75) is 31.7 Å². The van der Waals surface area contributed by atoms with Crippen LogP contribution in [-0.4, -0.2) is 40.1 Å². The molecule has 4 nitrogen and oxygen atoms in total. The van der Waals surface area contributed by atoms with Gasteiger partial charge in [-0.2, -0.15) is 0 Å². The quantitative estimate of drug-likeness (QED) is 0.922. The number of carbonyl (C=O) groups excluding carboxylic acids is 1. The van der Waals surface area contributed by atoms with Crippen molar-refractivity contribution < 1.29 is 9.90 Å². The van der Waals surface area contributed by atoms with Crippen LogP contribution in [0.2, 0.25) is 0 Å². The Balaban J connectivity index is 1.62. The Hall–Kier alpha value is -1.72. The van der Waals surface area contributed by atoms with Crippen LogP contribution in [0, 0.1) is 0 Å². The van der Waals surface area contributed by atoms with Crippen molar-refractivity contribution >= 4 is 17.2 Å². The number of aryl methyl sites for hydroxylation is 2. The van der Waals surface area contributed by atoms with Crippen LogP contribution in [-0.2, 0) is 12.8 Å². The number of nitrogens with zero attached hydrogens (tertiary/aromatic N) is 2. The minimum Gasteiger partial charge on any atom is -0.394 e. The molecule has 1 amide bonds. The Morgan fingerprint density at radius 3 is 2.91 bits per heavy atom. The highest BCUT2D eigenvalue weighted by atomic mass is 32.1. The molecule has 1 N–H and O–H groups in total. The van der Waals surface area contributed by atoms with E-state index in [0.29, 0.717) is 5.69 Å². The summed E-state index contributed by atoms with van der Waals surface area (Å²) in [5.74, 6) is -0.0428. The highest BCUT2D eigenvalue weighted by Gasteiger charge is 2.29. The first-order valence-corrected chi connectivity index (χ1v) is 8.56. The van der Waals surface area contributed by atoms with Gasteiger partial charge in [0.25, 0.3) is 5.91 Å². The van der Waals surface area contributed by atoms with E-state index in [4.69, 9.17) is 0 Å². The SMILES string of the molecule is O=C(c1csc(CCc2ccccc2)n1)N1CCC[C@@H]1CO. The number of rotatable bonds is 5. The Morgan fingerprint density at radius 2 is 2.14 bits per heavy atom. The third-order valence-corrected chi connectivity index (χ3v) is 5.00. The van der Waals surface area contributed by atoms with Gasteiger partial charge in [0, 0.05) is 18.3 Å². The fourth-order valence-electron chi connectivity index (χ4n) is 2.86. The maximum Gasteiger partial charge on any atom is 0.273 e. The van der Waals surface area contributed by atoms with Crippen LogP contribution >= 0.6 is 11.3 Å². The number of aliphatic hydroxyl groups is 1. The monoisotopic (exact) mass is 316 g/mol. The van der Waals surface area contributed by atoms with E-state index in [-0.39, 0.29) is 18.6 Å². The second-order valence-corrected chi connectivity index (χ2v) is 6.53. The van der Waals surface area contributed by atoms with Gasteiger partial charge in [-0.1, -0.05) is 30.3 Å². The lowest BCUT2D eigenvalue weighted by molar-refractivity contribution is 0.0672. The minimum absolute atomic E-state index is 0.0384. The molecule has 22 heavy (non-hydrogen) atoms. The second-order valence-electron chi connectivity index (χ2n) is 5.59. The normalized spacial score (nSPS) is 17.9. The summed E-state index contributed by atoms with van der Waals surface area (Å²) in [6.07, 6.45) is 3.63. The predicted octanol–water partition coefficient (Wildman–Crippen LogP) is 2.53. The molecule has 2 heterocycles. The van der Waals surface area contributed by atoms with Crippen molar-refractivity contribution in [3.05, 3.63) is 52.0 Å². The molecule has 0 aliphatic carbocycles. The summed E-state index contributed by atoms with van der Waals surface area (Å²) >= 11 is 1.54. The van der Waals surface area contributed by atoms with E-state index >= 15 is 0 Å². The highest BCUT2D eigenvalue weighted by Crippen LogP contribution is 2.21. The first-order chi connectivity index (χ1) is 10.8. The van der Waals surface area contributed by atoms with Gasteiger partial charge in [-0.3, -0.25) is 4.79 Å². The summed E-state index contributed by atoms with van der Waals surface area (Å²) in [6.45, 7) is 0.762. The third kappa shape index (κ3) is 3.36. The molecular formula is C17H20N2O2S. The Bertz CT molecular complexity index is 627. The fraction of sp³-hybridized carbons (Fsp3) is 0.412. The van der Waals surface area contributed by atoms with Gasteiger partial charge in [0.2, 0.25) is 0 Å². The lowest BCUT2D eigenvalue weighted by atomic mass is 10.1. The number of hydrogen-bond donors (Lipinski definition) is 1. The zero-order valence-corrected chi connectivity index (χ0v) is 13.3. The zero-order valence-electron chi connectivity index (χ0n) is 12.4. The average molecular weight is 316 g/mol. The lowest BCUT2D eigenvalue weighted by Gasteiger charge is -2.21. The van der Waals surface area contributed by atoms with Crippen LogP contribution in [0.1, 0.15) is 33.9 Å². The standard InChI is InChI=1S/C17H20N2O2S/c20-11-14-7-4-10-19(14)17(21)15-12-22-16(18-15)9-8-13-5-2-1-3-6-13/h1-3,5-6,12,14,20H,4,7-11H2/t14-/m1/s1. The van der Waals surface area contributed by atoms with Gasteiger partial charge >= 0.3 is 0 Å².